The number of nitrogens with one attached hydrogen (secondary N) is 1. The Morgan fingerprint density at radius 3 is 3.00 bits per heavy atom. The Hall–Kier alpha value is -0.820. The van der Waals surface area contributed by atoms with Crippen LogP contribution in [0.25, 0.3) is 0 Å². The highest BCUT2D eigenvalue weighted by atomic mass is 14.9. The molecule has 1 fully saturated rings. The van der Waals surface area contributed by atoms with Gasteiger partial charge in [-0.25, -0.2) is 0 Å². The van der Waals surface area contributed by atoms with Crippen LogP contribution < -0.4 is 5.32 Å². The average Bonchev–Trinajstić information content (AvgIpc) is 2.79. The van der Waals surface area contributed by atoms with E-state index in [4.69, 9.17) is 0 Å². The van der Waals surface area contributed by atoms with Crippen LogP contribution in [0.4, 0.5) is 0 Å². The molecule has 0 aliphatic heterocycles. The molecule has 1 nitrogen and oxygen atoms in total. The van der Waals surface area contributed by atoms with Crippen molar-refractivity contribution in [1.29, 1.82) is 0 Å². The lowest BCUT2D eigenvalue weighted by molar-refractivity contribution is 0.213. The summed E-state index contributed by atoms with van der Waals surface area (Å²) in [5.41, 5.74) is 3.30. The Balaban J connectivity index is 1.71. The second kappa shape index (κ2) is 5.44. The number of fused-ring (bicyclic) bond motifs is 3. The first-order valence-electron chi connectivity index (χ1n) is 7.68. The van der Waals surface area contributed by atoms with Gasteiger partial charge in [0.05, 0.1) is 0 Å². The third-order valence-electron chi connectivity index (χ3n) is 4.96. The third-order valence-corrected chi connectivity index (χ3v) is 4.96. The molecule has 1 aromatic carbocycles. The van der Waals surface area contributed by atoms with E-state index < -0.39 is 0 Å². The van der Waals surface area contributed by atoms with Crippen molar-refractivity contribution in [2.24, 2.45) is 11.8 Å². The van der Waals surface area contributed by atoms with Gasteiger partial charge in [-0.3, -0.25) is 0 Å². The molecule has 98 valence electrons. The van der Waals surface area contributed by atoms with Crippen LogP contribution in [0.2, 0.25) is 0 Å². The van der Waals surface area contributed by atoms with E-state index in [0.717, 1.165) is 17.8 Å². The van der Waals surface area contributed by atoms with Crippen LogP contribution in [0, 0.1) is 11.8 Å². The van der Waals surface area contributed by atoms with Gasteiger partial charge in [0.25, 0.3) is 0 Å². The quantitative estimate of drug-likeness (QED) is 0.794. The van der Waals surface area contributed by atoms with Gasteiger partial charge in [0.2, 0.25) is 0 Å². The molecule has 0 radical (unpaired) electrons. The van der Waals surface area contributed by atoms with Gasteiger partial charge in [0, 0.05) is 0 Å². The van der Waals surface area contributed by atoms with Gasteiger partial charge < -0.3 is 5.32 Å². The zero-order valence-corrected chi connectivity index (χ0v) is 11.5. The lowest BCUT2D eigenvalue weighted by atomic mass is 9.72. The van der Waals surface area contributed by atoms with Gasteiger partial charge in [0.15, 0.2) is 0 Å². The van der Waals surface area contributed by atoms with Crippen LogP contribution in [0.3, 0.4) is 0 Å². The minimum absolute atomic E-state index is 0.864. The SMILES string of the molecule is CCCNCC1CCCC2c3ccccc3CC12. The van der Waals surface area contributed by atoms with Crippen molar-refractivity contribution in [3.8, 4) is 0 Å². The highest BCUT2D eigenvalue weighted by Gasteiger charge is 2.39. The Kier molecular flexibility index (Phi) is 3.69. The van der Waals surface area contributed by atoms with Crippen LogP contribution in [0.5, 0.6) is 0 Å². The predicted octanol–water partition coefficient (Wildman–Crippen LogP) is 3.74. The van der Waals surface area contributed by atoms with E-state index in [0.29, 0.717) is 0 Å². The van der Waals surface area contributed by atoms with Crippen molar-refractivity contribution in [3.63, 3.8) is 0 Å². The Morgan fingerprint density at radius 1 is 1.22 bits per heavy atom. The Bertz CT molecular complexity index is 398. The number of benzene rings is 1. The van der Waals surface area contributed by atoms with Crippen LogP contribution >= 0.6 is 0 Å². The maximum absolute atomic E-state index is 3.64. The minimum Gasteiger partial charge on any atom is -0.316 e. The highest BCUT2D eigenvalue weighted by molar-refractivity contribution is 5.37. The van der Waals surface area contributed by atoms with Crippen LogP contribution in [-0.4, -0.2) is 13.1 Å². The topological polar surface area (TPSA) is 12.0 Å². The molecule has 2 aliphatic rings. The fraction of sp³-hybridized carbons (Fsp3) is 0.647. The van der Waals surface area contributed by atoms with Gasteiger partial charge in [-0.15, -0.1) is 0 Å². The lowest BCUT2D eigenvalue weighted by Gasteiger charge is -2.34. The summed E-state index contributed by atoms with van der Waals surface area (Å²) in [7, 11) is 0. The van der Waals surface area contributed by atoms with E-state index in [9.17, 15) is 0 Å². The normalized spacial score (nSPS) is 29.9. The van der Waals surface area contributed by atoms with Crippen molar-refractivity contribution in [2.75, 3.05) is 13.1 Å². The molecular weight excluding hydrogens is 218 g/mol. The molecule has 18 heavy (non-hydrogen) atoms. The molecule has 0 heterocycles. The molecule has 0 bridgehead atoms. The maximum atomic E-state index is 3.64. The standard InChI is InChI=1S/C17H25N/c1-2-10-18-12-14-7-5-9-16-15-8-4-3-6-13(15)11-17(14)16/h3-4,6,8,14,16-18H,2,5,7,9-12H2,1H3. The van der Waals surface area contributed by atoms with E-state index in [-0.39, 0.29) is 0 Å². The number of rotatable bonds is 4. The largest absolute Gasteiger partial charge is 0.316 e. The van der Waals surface area contributed by atoms with E-state index in [1.807, 2.05) is 0 Å². The van der Waals surface area contributed by atoms with Crippen molar-refractivity contribution >= 4 is 0 Å². The summed E-state index contributed by atoms with van der Waals surface area (Å²) in [5, 5.41) is 3.64. The first kappa shape index (κ1) is 12.2. The number of hydrogen-bond donors (Lipinski definition) is 1. The molecule has 0 spiro atoms. The summed E-state index contributed by atoms with van der Waals surface area (Å²) in [6.45, 7) is 4.67. The predicted molar refractivity (Wildman–Crippen MR) is 76.9 cm³/mol. The van der Waals surface area contributed by atoms with Gasteiger partial charge in [-0.1, -0.05) is 37.6 Å². The molecule has 0 saturated heterocycles. The highest BCUT2D eigenvalue weighted by Crippen LogP contribution is 2.48. The van der Waals surface area contributed by atoms with Crippen LogP contribution in [0.1, 0.15) is 49.7 Å². The van der Waals surface area contributed by atoms with E-state index >= 15 is 0 Å². The van der Waals surface area contributed by atoms with Gasteiger partial charge >= 0.3 is 0 Å². The Morgan fingerprint density at radius 2 is 2.11 bits per heavy atom. The monoisotopic (exact) mass is 243 g/mol. The van der Waals surface area contributed by atoms with E-state index in [1.54, 1.807) is 11.1 Å². The maximum Gasteiger partial charge on any atom is -0.00175 e. The first-order chi connectivity index (χ1) is 8.90. The molecule has 2 aliphatic carbocycles. The summed E-state index contributed by atoms with van der Waals surface area (Å²) in [6, 6.07) is 9.16. The zero-order valence-electron chi connectivity index (χ0n) is 11.5. The molecule has 3 unspecified atom stereocenters. The molecule has 1 aromatic rings. The van der Waals surface area contributed by atoms with Crippen LogP contribution in [0.15, 0.2) is 24.3 Å². The smallest absolute Gasteiger partial charge is 0.00175 e. The Labute approximate surface area is 111 Å². The first-order valence-corrected chi connectivity index (χ1v) is 7.68. The molecule has 1 saturated carbocycles. The van der Waals surface area contributed by atoms with Crippen molar-refractivity contribution in [1.82, 2.24) is 5.32 Å². The second-order valence-corrected chi connectivity index (χ2v) is 6.07. The summed E-state index contributed by atoms with van der Waals surface area (Å²) >= 11 is 0. The molecular formula is C17H25N. The molecule has 1 heteroatoms. The lowest BCUT2D eigenvalue weighted by Crippen LogP contribution is -2.33. The number of hydrogen-bond acceptors (Lipinski definition) is 1. The minimum atomic E-state index is 0.864. The van der Waals surface area contributed by atoms with E-state index in [1.165, 1.54) is 45.2 Å². The van der Waals surface area contributed by atoms with Crippen LogP contribution in [-0.2, 0) is 6.42 Å². The summed E-state index contributed by atoms with van der Waals surface area (Å²) in [6.07, 6.45) is 6.87. The van der Waals surface area contributed by atoms with E-state index in [2.05, 4.69) is 36.5 Å². The third kappa shape index (κ3) is 2.21. The molecule has 0 aromatic heterocycles. The van der Waals surface area contributed by atoms with Crippen molar-refractivity contribution in [2.45, 2.75) is 44.9 Å². The summed E-state index contributed by atoms with van der Waals surface area (Å²) in [5.74, 6) is 2.69. The zero-order chi connectivity index (χ0) is 12.4. The molecule has 0 amide bonds. The fourth-order valence-corrected chi connectivity index (χ4v) is 4.11. The molecule has 3 rings (SSSR count). The summed E-state index contributed by atoms with van der Waals surface area (Å²) < 4.78 is 0. The van der Waals surface area contributed by atoms with Gasteiger partial charge in [-0.2, -0.15) is 0 Å². The van der Waals surface area contributed by atoms with Gasteiger partial charge in [-0.05, 0) is 67.7 Å². The average molecular weight is 243 g/mol. The summed E-state index contributed by atoms with van der Waals surface area (Å²) in [4.78, 5) is 0. The van der Waals surface area contributed by atoms with Gasteiger partial charge in [0.1, 0.15) is 0 Å². The molecule has 1 N–H and O–H groups in total. The second-order valence-electron chi connectivity index (χ2n) is 6.07. The van der Waals surface area contributed by atoms with Crippen molar-refractivity contribution < 1.29 is 0 Å². The van der Waals surface area contributed by atoms with Crippen molar-refractivity contribution in [3.05, 3.63) is 35.4 Å². The fourth-order valence-electron chi connectivity index (χ4n) is 4.11. The molecule has 3 atom stereocenters.